The topological polar surface area (TPSA) is 86.8 Å². The second kappa shape index (κ2) is 14.0. The van der Waals surface area contributed by atoms with Gasteiger partial charge < -0.3 is 10.2 Å². The minimum atomic E-state index is -4.12. The van der Waals surface area contributed by atoms with Gasteiger partial charge in [-0.3, -0.25) is 13.9 Å². The molecule has 0 spiro atoms. The first kappa shape index (κ1) is 30.5. The molecule has 2 amide bonds. The molecule has 7 nitrogen and oxygen atoms in total. The Morgan fingerprint density at radius 3 is 2.00 bits per heavy atom. The molecule has 0 aliphatic carbocycles. The van der Waals surface area contributed by atoms with Gasteiger partial charge in [-0.05, 0) is 48.2 Å². The summed E-state index contributed by atoms with van der Waals surface area (Å²) in [5, 5.41) is 2.71. The molecule has 0 radical (unpaired) electrons. The summed E-state index contributed by atoms with van der Waals surface area (Å²) in [4.78, 5) is 29.3. The van der Waals surface area contributed by atoms with Gasteiger partial charge in [0.15, 0.2) is 0 Å². The molecule has 0 bridgehead atoms. The Morgan fingerprint density at radius 2 is 1.38 bits per heavy atom. The van der Waals surface area contributed by atoms with E-state index >= 15 is 0 Å². The maximum absolute atomic E-state index is 14.4. The lowest BCUT2D eigenvalue weighted by atomic mass is 10.0. The minimum absolute atomic E-state index is 0.0842. The quantitative estimate of drug-likeness (QED) is 0.250. The van der Waals surface area contributed by atoms with Gasteiger partial charge >= 0.3 is 0 Å². The fourth-order valence-electron chi connectivity index (χ4n) is 4.90. The Balaban J connectivity index is 1.80. The molecule has 8 heteroatoms. The van der Waals surface area contributed by atoms with E-state index < -0.39 is 28.5 Å². The average molecular weight is 584 g/mol. The van der Waals surface area contributed by atoms with Crippen molar-refractivity contribution in [1.29, 1.82) is 0 Å². The van der Waals surface area contributed by atoms with Crippen molar-refractivity contribution >= 4 is 27.5 Å². The predicted molar refractivity (Wildman–Crippen MR) is 167 cm³/mol. The molecule has 0 aliphatic heterocycles. The van der Waals surface area contributed by atoms with Crippen molar-refractivity contribution in [3.05, 3.63) is 131 Å². The first-order valence-electron chi connectivity index (χ1n) is 14.0. The maximum Gasteiger partial charge on any atom is 0.264 e. The standard InChI is InChI=1S/C34H37N3O4S/c1-4-29-15-11-12-18-31(29)37(42(40,41)30-16-9-6-10-17-30)25-33(38)36(24-28-21-19-26(2)20-22-28)32(34(39)35-3)23-27-13-7-5-8-14-27/h5-22,32H,4,23-25H2,1-3H3,(H,35,39). The minimum Gasteiger partial charge on any atom is -0.357 e. The van der Waals surface area contributed by atoms with Gasteiger partial charge in [-0.15, -0.1) is 0 Å². The van der Waals surface area contributed by atoms with E-state index in [4.69, 9.17) is 0 Å². The smallest absolute Gasteiger partial charge is 0.264 e. The number of rotatable bonds is 12. The average Bonchev–Trinajstić information content (AvgIpc) is 3.02. The maximum atomic E-state index is 14.4. The molecule has 1 atom stereocenters. The summed E-state index contributed by atoms with van der Waals surface area (Å²) in [7, 11) is -2.58. The van der Waals surface area contributed by atoms with E-state index in [0.717, 1.165) is 22.3 Å². The third-order valence-electron chi connectivity index (χ3n) is 7.24. The van der Waals surface area contributed by atoms with Gasteiger partial charge in [-0.25, -0.2) is 8.42 Å². The second-order valence-corrected chi connectivity index (χ2v) is 12.0. The fourth-order valence-corrected chi connectivity index (χ4v) is 6.37. The number of likely N-dealkylation sites (N-methyl/N-ethyl adjacent to an activating group) is 1. The summed E-state index contributed by atoms with van der Waals surface area (Å²) < 4.78 is 29.3. The highest BCUT2D eigenvalue weighted by Gasteiger charge is 2.34. The van der Waals surface area contributed by atoms with E-state index in [1.807, 2.05) is 80.6 Å². The van der Waals surface area contributed by atoms with Gasteiger partial charge in [-0.2, -0.15) is 0 Å². The highest BCUT2D eigenvalue weighted by atomic mass is 32.2. The molecule has 1 unspecified atom stereocenters. The fraction of sp³-hybridized carbons (Fsp3) is 0.235. The van der Waals surface area contributed by atoms with Crippen molar-refractivity contribution in [2.24, 2.45) is 0 Å². The van der Waals surface area contributed by atoms with Crippen LogP contribution in [0.15, 0.2) is 114 Å². The predicted octanol–water partition coefficient (Wildman–Crippen LogP) is 5.14. The zero-order chi connectivity index (χ0) is 30.1. The van der Waals surface area contributed by atoms with Crippen LogP contribution in [0, 0.1) is 6.92 Å². The number of sulfonamides is 1. The van der Waals surface area contributed by atoms with Crippen molar-refractivity contribution < 1.29 is 18.0 Å². The van der Waals surface area contributed by atoms with Gasteiger partial charge in [0.2, 0.25) is 11.8 Å². The van der Waals surface area contributed by atoms with E-state index in [1.165, 1.54) is 21.3 Å². The Kier molecular flexibility index (Phi) is 10.1. The van der Waals surface area contributed by atoms with Crippen LogP contribution < -0.4 is 9.62 Å². The molecular formula is C34H37N3O4S. The van der Waals surface area contributed by atoms with E-state index in [0.29, 0.717) is 12.1 Å². The van der Waals surface area contributed by atoms with Gasteiger partial charge in [0, 0.05) is 20.0 Å². The molecule has 0 saturated heterocycles. The summed E-state index contributed by atoms with van der Waals surface area (Å²) in [6.07, 6.45) is 0.849. The van der Waals surface area contributed by atoms with Crippen molar-refractivity contribution in [3.8, 4) is 0 Å². The number of carbonyl (C=O) groups is 2. The van der Waals surface area contributed by atoms with Crippen LogP contribution in [0.4, 0.5) is 5.69 Å². The molecule has 0 heterocycles. The van der Waals surface area contributed by atoms with E-state index in [2.05, 4.69) is 5.32 Å². The normalized spacial score (nSPS) is 11.9. The van der Waals surface area contributed by atoms with Gasteiger partial charge in [0.25, 0.3) is 10.0 Å². The van der Waals surface area contributed by atoms with Crippen molar-refractivity contribution in [2.75, 3.05) is 17.9 Å². The molecule has 0 aromatic heterocycles. The number of nitrogens with one attached hydrogen (secondary N) is 1. The number of amides is 2. The van der Waals surface area contributed by atoms with Crippen LogP contribution in [0.1, 0.15) is 29.2 Å². The number of aryl methyl sites for hydroxylation is 2. The third-order valence-corrected chi connectivity index (χ3v) is 9.02. The number of hydrogen-bond acceptors (Lipinski definition) is 4. The molecule has 0 fully saturated rings. The molecule has 4 rings (SSSR count). The lowest BCUT2D eigenvalue weighted by Gasteiger charge is -2.34. The molecule has 1 N–H and O–H groups in total. The summed E-state index contributed by atoms with van der Waals surface area (Å²) in [6.45, 7) is 3.59. The van der Waals surface area contributed by atoms with Gasteiger partial charge in [0.1, 0.15) is 12.6 Å². The summed E-state index contributed by atoms with van der Waals surface area (Å²) in [6, 6.07) is 31.7. The van der Waals surface area contributed by atoms with Crippen LogP contribution in [0.3, 0.4) is 0 Å². The van der Waals surface area contributed by atoms with Crippen LogP contribution in [0.5, 0.6) is 0 Å². The zero-order valence-corrected chi connectivity index (χ0v) is 25.1. The largest absolute Gasteiger partial charge is 0.357 e. The molecule has 0 aliphatic rings. The monoisotopic (exact) mass is 583 g/mol. The third kappa shape index (κ3) is 7.25. The number of anilines is 1. The first-order valence-corrected chi connectivity index (χ1v) is 15.4. The summed E-state index contributed by atoms with van der Waals surface area (Å²) in [5.41, 5.74) is 4.02. The van der Waals surface area contributed by atoms with Gasteiger partial charge in [0.05, 0.1) is 10.6 Å². The molecule has 4 aromatic carbocycles. The number of benzene rings is 4. The SMILES string of the molecule is CCc1ccccc1N(CC(=O)N(Cc1ccc(C)cc1)C(Cc1ccccc1)C(=O)NC)S(=O)(=O)c1ccccc1. The highest BCUT2D eigenvalue weighted by molar-refractivity contribution is 7.92. The Bertz CT molecular complexity index is 1590. The summed E-state index contributed by atoms with van der Waals surface area (Å²) >= 11 is 0. The van der Waals surface area contributed by atoms with Gasteiger partial charge in [-0.1, -0.05) is 103 Å². The highest BCUT2D eigenvalue weighted by Crippen LogP contribution is 2.28. The van der Waals surface area contributed by atoms with E-state index in [9.17, 15) is 18.0 Å². The van der Waals surface area contributed by atoms with E-state index in [-0.39, 0.29) is 23.8 Å². The lowest BCUT2D eigenvalue weighted by molar-refractivity contribution is -0.139. The lowest BCUT2D eigenvalue weighted by Crippen LogP contribution is -2.53. The molecule has 218 valence electrons. The van der Waals surface area contributed by atoms with Crippen molar-refractivity contribution in [2.45, 2.75) is 44.2 Å². The molecule has 0 saturated carbocycles. The molecule has 42 heavy (non-hydrogen) atoms. The number of para-hydroxylation sites is 1. The Labute approximate surface area is 248 Å². The van der Waals surface area contributed by atoms with Crippen LogP contribution in [-0.2, 0) is 39.0 Å². The molecular weight excluding hydrogens is 546 g/mol. The first-order chi connectivity index (χ1) is 20.2. The number of hydrogen-bond donors (Lipinski definition) is 1. The number of carbonyl (C=O) groups excluding carboxylic acids is 2. The Morgan fingerprint density at radius 1 is 0.786 bits per heavy atom. The zero-order valence-electron chi connectivity index (χ0n) is 24.2. The second-order valence-electron chi connectivity index (χ2n) is 10.1. The van der Waals surface area contributed by atoms with Crippen LogP contribution in [0.2, 0.25) is 0 Å². The summed E-state index contributed by atoms with van der Waals surface area (Å²) in [5.74, 6) is -0.809. The molecule has 4 aromatic rings. The van der Waals surface area contributed by atoms with Crippen LogP contribution >= 0.6 is 0 Å². The van der Waals surface area contributed by atoms with Crippen LogP contribution in [0.25, 0.3) is 0 Å². The van der Waals surface area contributed by atoms with Crippen LogP contribution in [-0.4, -0.2) is 44.8 Å². The Hall–Kier alpha value is -4.43. The van der Waals surface area contributed by atoms with E-state index in [1.54, 1.807) is 37.4 Å². The van der Waals surface area contributed by atoms with Crippen molar-refractivity contribution in [3.63, 3.8) is 0 Å². The van der Waals surface area contributed by atoms with Crippen molar-refractivity contribution in [1.82, 2.24) is 10.2 Å². The number of nitrogens with zero attached hydrogens (tertiary/aromatic N) is 2.